The number of rotatable bonds is 3. The molecule has 6 nitrogen and oxygen atoms in total. The van der Waals surface area contributed by atoms with Crippen molar-refractivity contribution in [1.29, 1.82) is 0 Å². The first kappa shape index (κ1) is 13.2. The Morgan fingerprint density at radius 2 is 2.29 bits per heavy atom. The van der Waals surface area contributed by atoms with E-state index in [4.69, 9.17) is 10.2 Å². The van der Waals surface area contributed by atoms with Gasteiger partial charge in [0.1, 0.15) is 11.8 Å². The van der Waals surface area contributed by atoms with Gasteiger partial charge in [0.2, 0.25) is 5.89 Å². The first-order valence-electron chi connectivity index (χ1n) is 6.64. The third kappa shape index (κ3) is 2.47. The Kier molecular flexibility index (Phi) is 3.13. The molecule has 1 atom stereocenters. The Balaban J connectivity index is 1.84. The minimum atomic E-state index is -0.301. The van der Waals surface area contributed by atoms with Crippen LogP contribution in [0, 0.1) is 6.92 Å². The number of nitrogen functional groups attached to an aromatic ring is 1. The summed E-state index contributed by atoms with van der Waals surface area (Å²) >= 11 is 0. The van der Waals surface area contributed by atoms with Crippen LogP contribution in [0.5, 0.6) is 0 Å². The van der Waals surface area contributed by atoms with Crippen molar-refractivity contribution >= 4 is 22.5 Å². The molecule has 2 heterocycles. The van der Waals surface area contributed by atoms with E-state index in [1.165, 1.54) is 0 Å². The lowest BCUT2D eigenvalue weighted by Gasteiger charge is -2.09. The van der Waals surface area contributed by atoms with E-state index in [2.05, 4.69) is 15.3 Å². The van der Waals surface area contributed by atoms with Crippen molar-refractivity contribution in [3.63, 3.8) is 0 Å². The number of oxazole rings is 1. The highest BCUT2D eigenvalue weighted by molar-refractivity contribution is 6.07. The average Bonchev–Trinajstić information content (AvgIpc) is 3.04. The number of nitrogens with two attached hydrogens (primary N) is 1. The van der Waals surface area contributed by atoms with Crippen LogP contribution < -0.4 is 11.1 Å². The fraction of sp³-hybridized carbons (Fsp3) is 0.200. The van der Waals surface area contributed by atoms with Gasteiger partial charge in [0.25, 0.3) is 5.91 Å². The fourth-order valence-corrected chi connectivity index (χ4v) is 2.24. The number of aromatic nitrogens is 2. The zero-order chi connectivity index (χ0) is 15.0. The van der Waals surface area contributed by atoms with E-state index in [-0.39, 0.29) is 11.9 Å². The summed E-state index contributed by atoms with van der Waals surface area (Å²) in [7, 11) is 0. The summed E-state index contributed by atoms with van der Waals surface area (Å²) in [5.41, 5.74) is 7.78. The zero-order valence-corrected chi connectivity index (χ0v) is 11.8. The van der Waals surface area contributed by atoms with Crippen LogP contribution in [0.15, 0.2) is 35.0 Å². The number of carbonyl (C=O) groups is 1. The molecule has 3 aromatic rings. The Bertz CT molecular complexity index is 803. The van der Waals surface area contributed by atoms with E-state index in [9.17, 15) is 4.79 Å². The summed E-state index contributed by atoms with van der Waals surface area (Å²) in [6, 6.07) is 5.10. The number of nitrogens with one attached hydrogen (secondary N) is 2. The molecule has 108 valence electrons. The minimum Gasteiger partial charge on any atom is -0.444 e. The number of aryl methyl sites for hydroxylation is 1. The molecule has 21 heavy (non-hydrogen) atoms. The van der Waals surface area contributed by atoms with Crippen molar-refractivity contribution < 1.29 is 9.21 Å². The summed E-state index contributed by atoms with van der Waals surface area (Å²) in [5, 5.41) is 3.70. The maximum atomic E-state index is 12.4. The first-order chi connectivity index (χ1) is 10.0. The molecule has 0 aliphatic carbocycles. The van der Waals surface area contributed by atoms with E-state index >= 15 is 0 Å². The van der Waals surface area contributed by atoms with Gasteiger partial charge in [-0.2, -0.15) is 0 Å². The van der Waals surface area contributed by atoms with Crippen molar-refractivity contribution in [1.82, 2.24) is 15.3 Å². The van der Waals surface area contributed by atoms with Gasteiger partial charge < -0.3 is 20.5 Å². The molecular formula is C15H16N4O2. The molecule has 0 radical (unpaired) electrons. The topological polar surface area (TPSA) is 96.9 Å². The van der Waals surface area contributed by atoms with E-state index in [1.807, 2.05) is 19.9 Å². The van der Waals surface area contributed by atoms with Gasteiger partial charge >= 0.3 is 0 Å². The van der Waals surface area contributed by atoms with Crippen LogP contribution in [0.25, 0.3) is 10.9 Å². The first-order valence-corrected chi connectivity index (χ1v) is 6.64. The second-order valence-corrected chi connectivity index (χ2v) is 5.01. The summed E-state index contributed by atoms with van der Waals surface area (Å²) in [6.07, 6.45) is 3.30. The zero-order valence-electron chi connectivity index (χ0n) is 11.8. The molecule has 6 heteroatoms. The van der Waals surface area contributed by atoms with Gasteiger partial charge in [-0.15, -0.1) is 0 Å². The highest BCUT2D eigenvalue weighted by Crippen LogP contribution is 2.21. The Hall–Kier alpha value is -2.76. The van der Waals surface area contributed by atoms with Crippen LogP contribution in [0.4, 0.5) is 5.69 Å². The molecule has 0 saturated carbocycles. The Morgan fingerprint density at radius 1 is 1.48 bits per heavy atom. The smallest absolute Gasteiger partial charge is 0.254 e. The predicted octanol–water partition coefficient (Wildman–Crippen LogP) is 2.54. The van der Waals surface area contributed by atoms with Crippen LogP contribution in [0.3, 0.4) is 0 Å². The standard InChI is InChI=1S/C15H16N4O2/c1-8-6-18-15(21-8)9(2)19-14(20)12-7-17-13-5-10(16)3-4-11(12)13/h3-7,9,17H,16H2,1-2H3,(H,19,20). The molecule has 1 amide bonds. The van der Waals surface area contributed by atoms with Gasteiger partial charge in [-0.25, -0.2) is 4.98 Å². The number of fused-ring (bicyclic) bond motifs is 1. The minimum absolute atomic E-state index is 0.186. The van der Waals surface area contributed by atoms with Gasteiger partial charge in [0.05, 0.1) is 11.8 Å². The van der Waals surface area contributed by atoms with E-state index < -0.39 is 0 Å². The number of nitrogens with zero attached hydrogens (tertiary/aromatic N) is 1. The maximum absolute atomic E-state index is 12.4. The number of amides is 1. The summed E-state index contributed by atoms with van der Waals surface area (Å²) in [4.78, 5) is 19.5. The normalized spacial score (nSPS) is 12.5. The second-order valence-electron chi connectivity index (χ2n) is 5.01. The van der Waals surface area contributed by atoms with Crippen LogP contribution in [0.2, 0.25) is 0 Å². The lowest BCUT2D eigenvalue weighted by Crippen LogP contribution is -2.26. The van der Waals surface area contributed by atoms with E-state index in [0.29, 0.717) is 22.9 Å². The van der Waals surface area contributed by atoms with Gasteiger partial charge in [-0.1, -0.05) is 0 Å². The highest BCUT2D eigenvalue weighted by Gasteiger charge is 2.18. The van der Waals surface area contributed by atoms with E-state index in [0.717, 1.165) is 10.9 Å². The number of aromatic amines is 1. The van der Waals surface area contributed by atoms with Crippen LogP contribution in [-0.2, 0) is 0 Å². The van der Waals surface area contributed by atoms with Crippen molar-refractivity contribution in [2.45, 2.75) is 19.9 Å². The van der Waals surface area contributed by atoms with Gasteiger partial charge in [-0.05, 0) is 32.0 Å². The Morgan fingerprint density at radius 3 is 3.00 bits per heavy atom. The molecule has 4 N–H and O–H groups in total. The third-order valence-corrected chi connectivity index (χ3v) is 3.31. The maximum Gasteiger partial charge on any atom is 0.254 e. The molecule has 2 aromatic heterocycles. The molecule has 1 unspecified atom stereocenters. The average molecular weight is 284 g/mol. The van der Waals surface area contributed by atoms with Gasteiger partial charge in [-0.3, -0.25) is 4.79 Å². The largest absolute Gasteiger partial charge is 0.444 e. The number of carbonyl (C=O) groups excluding carboxylic acids is 1. The van der Waals surface area contributed by atoms with Crippen LogP contribution in [-0.4, -0.2) is 15.9 Å². The SMILES string of the molecule is Cc1cnc(C(C)NC(=O)c2c[nH]c3cc(N)ccc23)o1. The molecular weight excluding hydrogens is 268 g/mol. The molecule has 0 spiro atoms. The van der Waals surface area contributed by atoms with Crippen molar-refractivity contribution in [2.24, 2.45) is 0 Å². The van der Waals surface area contributed by atoms with Crippen LogP contribution >= 0.6 is 0 Å². The molecule has 1 aromatic carbocycles. The second kappa shape index (κ2) is 4.97. The molecule has 0 saturated heterocycles. The molecule has 0 aliphatic rings. The molecule has 0 bridgehead atoms. The summed E-state index contributed by atoms with van der Waals surface area (Å²) in [6.45, 7) is 3.64. The number of hydrogen-bond acceptors (Lipinski definition) is 4. The number of anilines is 1. The molecule has 0 aliphatic heterocycles. The van der Waals surface area contributed by atoms with Gasteiger partial charge in [0, 0.05) is 22.8 Å². The lowest BCUT2D eigenvalue weighted by molar-refractivity contribution is 0.0935. The number of hydrogen-bond donors (Lipinski definition) is 3. The fourth-order valence-electron chi connectivity index (χ4n) is 2.24. The van der Waals surface area contributed by atoms with Crippen molar-refractivity contribution in [2.75, 3.05) is 5.73 Å². The summed E-state index contributed by atoms with van der Waals surface area (Å²) < 4.78 is 5.42. The quantitative estimate of drug-likeness (QED) is 0.644. The predicted molar refractivity (Wildman–Crippen MR) is 79.8 cm³/mol. The monoisotopic (exact) mass is 284 g/mol. The molecule has 3 rings (SSSR count). The number of benzene rings is 1. The van der Waals surface area contributed by atoms with Crippen molar-refractivity contribution in [3.8, 4) is 0 Å². The van der Waals surface area contributed by atoms with Crippen molar-refractivity contribution in [3.05, 3.63) is 47.8 Å². The summed E-state index contributed by atoms with van der Waals surface area (Å²) in [5.74, 6) is 1.02. The number of H-pyrrole nitrogens is 1. The van der Waals surface area contributed by atoms with Crippen LogP contribution in [0.1, 0.15) is 35.0 Å². The van der Waals surface area contributed by atoms with Gasteiger partial charge in [0.15, 0.2) is 0 Å². The van der Waals surface area contributed by atoms with E-state index in [1.54, 1.807) is 24.5 Å². The Labute approximate surface area is 121 Å². The lowest BCUT2D eigenvalue weighted by atomic mass is 10.1. The highest BCUT2D eigenvalue weighted by atomic mass is 16.4. The third-order valence-electron chi connectivity index (χ3n) is 3.31. The molecule has 0 fully saturated rings.